The molecule has 118 valence electrons. The van der Waals surface area contributed by atoms with Gasteiger partial charge in [0, 0.05) is 28.3 Å². The fourth-order valence-corrected chi connectivity index (χ4v) is 1.94. The zero-order valence-corrected chi connectivity index (χ0v) is 12.7. The number of nitrogens with one attached hydrogen (secondary N) is 1. The van der Waals surface area contributed by atoms with Gasteiger partial charge in [0.15, 0.2) is 0 Å². The van der Waals surface area contributed by atoms with Crippen LogP contribution in [0.3, 0.4) is 0 Å². The van der Waals surface area contributed by atoms with Crippen molar-refractivity contribution in [2.75, 3.05) is 0 Å². The Balaban J connectivity index is 2.15. The van der Waals surface area contributed by atoms with Crippen LogP contribution in [0.2, 0.25) is 5.02 Å². The number of rotatable bonds is 4. The number of phenols is 1. The maximum absolute atomic E-state index is 11.8. The average Bonchev–Trinajstić information content (AvgIpc) is 2.51. The summed E-state index contributed by atoms with van der Waals surface area (Å²) >= 11 is 5.73. The van der Waals surface area contributed by atoms with Crippen LogP contribution in [0.25, 0.3) is 0 Å². The summed E-state index contributed by atoms with van der Waals surface area (Å²) in [4.78, 5) is 22.1. The Labute approximate surface area is 136 Å². The molecule has 1 amide bonds. The summed E-state index contributed by atoms with van der Waals surface area (Å²) in [7, 11) is 0. The molecule has 0 aliphatic carbocycles. The van der Waals surface area contributed by atoms with E-state index in [-0.39, 0.29) is 17.0 Å². The number of hydrogen-bond acceptors (Lipinski definition) is 5. The lowest BCUT2D eigenvalue weighted by Crippen LogP contribution is -2.17. The van der Waals surface area contributed by atoms with E-state index in [1.54, 1.807) is 12.1 Å². The van der Waals surface area contributed by atoms with Crippen LogP contribution < -0.4 is 5.43 Å². The highest BCUT2D eigenvalue weighted by Gasteiger charge is 2.12. The van der Waals surface area contributed by atoms with Crippen molar-refractivity contribution in [2.45, 2.75) is 6.92 Å². The lowest BCUT2D eigenvalue weighted by Gasteiger charge is -2.03. The van der Waals surface area contributed by atoms with Crippen molar-refractivity contribution in [3.63, 3.8) is 0 Å². The van der Waals surface area contributed by atoms with Crippen molar-refractivity contribution in [1.82, 2.24) is 5.43 Å². The Morgan fingerprint density at radius 1 is 1.35 bits per heavy atom. The number of hydrazone groups is 1. The van der Waals surface area contributed by atoms with Crippen LogP contribution in [0.5, 0.6) is 5.75 Å². The number of nitrogens with zero attached hydrogens (tertiary/aromatic N) is 2. The second-order valence-electron chi connectivity index (χ2n) is 4.66. The van der Waals surface area contributed by atoms with Crippen LogP contribution in [0.4, 0.5) is 5.69 Å². The van der Waals surface area contributed by atoms with Gasteiger partial charge < -0.3 is 5.11 Å². The van der Waals surface area contributed by atoms with Crippen LogP contribution in [-0.2, 0) is 0 Å². The number of benzene rings is 2. The molecule has 0 atom stereocenters. The summed E-state index contributed by atoms with van der Waals surface area (Å²) in [6.07, 6.45) is 1.14. The Bertz CT molecular complexity index is 788. The number of halogens is 1. The molecular weight excluding hydrogens is 322 g/mol. The number of aryl methyl sites for hydroxylation is 1. The van der Waals surface area contributed by atoms with E-state index in [9.17, 15) is 20.0 Å². The van der Waals surface area contributed by atoms with Crippen LogP contribution in [-0.4, -0.2) is 22.2 Å². The Hall–Kier alpha value is -2.93. The fraction of sp³-hybridized carbons (Fsp3) is 0.0667. The maximum Gasteiger partial charge on any atom is 0.271 e. The van der Waals surface area contributed by atoms with E-state index < -0.39 is 10.8 Å². The van der Waals surface area contributed by atoms with Crippen LogP contribution >= 0.6 is 11.6 Å². The third-order valence-corrected chi connectivity index (χ3v) is 3.25. The van der Waals surface area contributed by atoms with E-state index in [1.807, 2.05) is 0 Å². The molecule has 2 rings (SSSR count). The van der Waals surface area contributed by atoms with Crippen molar-refractivity contribution in [2.24, 2.45) is 5.10 Å². The van der Waals surface area contributed by atoms with Gasteiger partial charge >= 0.3 is 0 Å². The lowest BCUT2D eigenvalue weighted by atomic mass is 10.1. The van der Waals surface area contributed by atoms with Gasteiger partial charge in [0.25, 0.3) is 11.6 Å². The Morgan fingerprint density at radius 2 is 2.00 bits per heavy atom. The van der Waals surface area contributed by atoms with E-state index in [0.29, 0.717) is 16.1 Å². The second kappa shape index (κ2) is 6.89. The first-order chi connectivity index (χ1) is 10.9. The van der Waals surface area contributed by atoms with Crippen molar-refractivity contribution in [3.8, 4) is 5.75 Å². The zero-order valence-electron chi connectivity index (χ0n) is 12.0. The Kier molecular flexibility index (Phi) is 4.92. The smallest absolute Gasteiger partial charge is 0.271 e. The van der Waals surface area contributed by atoms with Crippen molar-refractivity contribution in [3.05, 3.63) is 68.2 Å². The van der Waals surface area contributed by atoms with Gasteiger partial charge in [-0.2, -0.15) is 5.10 Å². The van der Waals surface area contributed by atoms with Gasteiger partial charge in [-0.25, -0.2) is 5.43 Å². The number of non-ortho nitro benzene ring substituents is 1. The molecule has 0 saturated carbocycles. The molecule has 0 bridgehead atoms. The third-order valence-electron chi connectivity index (χ3n) is 3.00. The van der Waals surface area contributed by atoms with E-state index in [0.717, 1.165) is 6.21 Å². The molecule has 0 heterocycles. The van der Waals surface area contributed by atoms with Crippen LogP contribution in [0, 0.1) is 17.0 Å². The van der Waals surface area contributed by atoms with Crippen molar-refractivity contribution < 1.29 is 14.8 Å². The van der Waals surface area contributed by atoms with Crippen LogP contribution in [0.1, 0.15) is 21.5 Å². The SMILES string of the molecule is Cc1cc([N+](=O)[O-])cc(C=NNC(=O)c2ccc(Cl)cc2)c1O. The molecule has 2 N–H and O–H groups in total. The predicted octanol–water partition coefficient (Wildman–Crippen LogP) is 3.03. The van der Waals surface area contributed by atoms with E-state index >= 15 is 0 Å². The molecule has 0 fully saturated rings. The number of amides is 1. The Morgan fingerprint density at radius 3 is 2.61 bits per heavy atom. The topological polar surface area (TPSA) is 105 Å². The average molecular weight is 334 g/mol. The number of phenolic OH excluding ortho intramolecular Hbond substituents is 1. The van der Waals surface area contributed by atoms with E-state index in [1.165, 1.54) is 31.2 Å². The molecule has 0 spiro atoms. The van der Waals surface area contributed by atoms with Crippen molar-refractivity contribution in [1.29, 1.82) is 0 Å². The molecule has 0 saturated heterocycles. The highest BCUT2D eigenvalue weighted by Crippen LogP contribution is 2.26. The molecule has 2 aromatic carbocycles. The second-order valence-corrected chi connectivity index (χ2v) is 5.10. The molecule has 0 aliphatic rings. The normalized spacial score (nSPS) is 10.7. The molecule has 0 radical (unpaired) electrons. The summed E-state index contributed by atoms with van der Waals surface area (Å²) in [6, 6.07) is 8.61. The number of carbonyl (C=O) groups is 1. The molecular formula is C15H12ClN3O4. The first-order valence-electron chi connectivity index (χ1n) is 6.45. The van der Waals surface area contributed by atoms with Gasteiger partial charge in [-0.3, -0.25) is 14.9 Å². The molecule has 8 heteroatoms. The number of aromatic hydroxyl groups is 1. The first-order valence-corrected chi connectivity index (χ1v) is 6.83. The van der Waals surface area contributed by atoms with Gasteiger partial charge in [-0.1, -0.05) is 11.6 Å². The summed E-state index contributed by atoms with van der Waals surface area (Å²) in [5, 5.41) is 24.9. The molecule has 7 nitrogen and oxygen atoms in total. The van der Waals surface area contributed by atoms with Gasteiger partial charge in [-0.15, -0.1) is 0 Å². The largest absolute Gasteiger partial charge is 0.507 e. The molecule has 0 aliphatic heterocycles. The number of carbonyl (C=O) groups excluding carboxylic acids is 1. The van der Waals surface area contributed by atoms with Gasteiger partial charge in [0.1, 0.15) is 5.75 Å². The molecule has 0 aromatic heterocycles. The molecule has 0 unspecified atom stereocenters. The van der Waals surface area contributed by atoms with Gasteiger partial charge in [-0.05, 0) is 36.8 Å². The van der Waals surface area contributed by atoms with E-state index in [2.05, 4.69) is 10.5 Å². The minimum atomic E-state index is -0.573. The summed E-state index contributed by atoms with van der Waals surface area (Å²) < 4.78 is 0. The first kappa shape index (κ1) is 16.4. The van der Waals surface area contributed by atoms with Gasteiger partial charge in [0.05, 0.1) is 11.1 Å². The maximum atomic E-state index is 11.8. The number of hydrogen-bond donors (Lipinski definition) is 2. The summed E-state index contributed by atoms with van der Waals surface area (Å²) in [6.45, 7) is 1.53. The minimum absolute atomic E-state index is 0.133. The predicted molar refractivity (Wildman–Crippen MR) is 86.0 cm³/mol. The number of nitro groups is 1. The van der Waals surface area contributed by atoms with E-state index in [4.69, 9.17) is 11.6 Å². The monoisotopic (exact) mass is 333 g/mol. The fourth-order valence-electron chi connectivity index (χ4n) is 1.82. The van der Waals surface area contributed by atoms with Crippen molar-refractivity contribution >= 4 is 29.4 Å². The zero-order chi connectivity index (χ0) is 17.0. The summed E-state index contributed by atoms with van der Waals surface area (Å²) in [5.74, 6) is -0.611. The highest BCUT2D eigenvalue weighted by molar-refractivity contribution is 6.30. The number of nitro benzene ring substituents is 1. The molecule has 23 heavy (non-hydrogen) atoms. The molecule has 2 aromatic rings. The van der Waals surface area contributed by atoms with Crippen LogP contribution in [0.15, 0.2) is 41.5 Å². The highest BCUT2D eigenvalue weighted by atomic mass is 35.5. The summed E-state index contributed by atoms with van der Waals surface area (Å²) in [5.41, 5.74) is 2.92. The standard InChI is InChI=1S/C15H12ClN3O4/c1-9-6-13(19(22)23)7-11(14(9)20)8-17-18-15(21)10-2-4-12(16)5-3-10/h2-8,20H,1H3,(H,18,21). The quantitative estimate of drug-likeness (QED) is 0.509. The minimum Gasteiger partial charge on any atom is -0.507 e. The van der Waals surface area contributed by atoms with Gasteiger partial charge in [0.2, 0.25) is 0 Å². The third kappa shape index (κ3) is 4.04. The lowest BCUT2D eigenvalue weighted by molar-refractivity contribution is -0.384.